The third-order valence-electron chi connectivity index (χ3n) is 5.44. The van der Waals surface area contributed by atoms with E-state index in [1.54, 1.807) is 36.9 Å². The summed E-state index contributed by atoms with van der Waals surface area (Å²) in [5.74, 6) is 0.608. The van der Waals surface area contributed by atoms with Gasteiger partial charge in [0, 0.05) is 65.4 Å². The molecule has 0 saturated carbocycles. The molecule has 1 aliphatic heterocycles. The van der Waals surface area contributed by atoms with Crippen molar-refractivity contribution in [2.45, 2.75) is 6.42 Å². The average molecular weight is 417 g/mol. The van der Waals surface area contributed by atoms with Gasteiger partial charge in [-0.1, -0.05) is 0 Å². The van der Waals surface area contributed by atoms with Gasteiger partial charge in [-0.05, 0) is 37.3 Å². The lowest BCUT2D eigenvalue weighted by Gasteiger charge is -2.33. The van der Waals surface area contributed by atoms with E-state index in [1.165, 1.54) is 4.90 Å². The van der Waals surface area contributed by atoms with Crippen molar-refractivity contribution in [3.63, 3.8) is 0 Å². The first-order chi connectivity index (χ1) is 16.4. The third-order valence-corrected chi connectivity index (χ3v) is 5.44. The number of nitrogens with one attached hydrogen (secondary N) is 1. The Morgan fingerprint density at radius 3 is 2.84 bits per heavy atom. The van der Waals surface area contributed by atoms with Crippen LogP contribution < -0.4 is 4.90 Å². The Morgan fingerprint density at radius 2 is 2.03 bits per heavy atom. The predicted octanol–water partition coefficient (Wildman–Crippen LogP) is 2.59. The van der Waals surface area contributed by atoms with Crippen LogP contribution in [0.5, 0.6) is 0 Å². The van der Waals surface area contributed by atoms with Crippen LogP contribution in [-0.2, 0) is 6.42 Å². The van der Waals surface area contributed by atoms with Crippen LogP contribution >= 0.6 is 0 Å². The summed E-state index contributed by atoms with van der Waals surface area (Å²) in [6.07, 6.45) is 6.98. The highest BCUT2D eigenvalue weighted by Crippen LogP contribution is 2.21. The molecule has 31 heavy (non-hydrogen) atoms. The van der Waals surface area contributed by atoms with E-state index >= 15 is 0 Å². The van der Waals surface area contributed by atoms with Gasteiger partial charge in [-0.2, -0.15) is 5.10 Å². The summed E-state index contributed by atoms with van der Waals surface area (Å²) >= 11 is 0. The number of piperazine rings is 1. The number of nitrogens with zero attached hydrogens (tertiary/aromatic N) is 6. The van der Waals surface area contributed by atoms with Crippen LogP contribution in [0.3, 0.4) is 0 Å². The number of likely N-dealkylation sites (N-methyl/N-ethyl adjacent to an activating group) is 1. The molecule has 0 amide bonds. The van der Waals surface area contributed by atoms with Crippen LogP contribution in [-0.4, -0.2) is 69.0 Å². The van der Waals surface area contributed by atoms with Gasteiger partial charge in [0.25, 0.3) is 0 Å². The summed E-state index contributed by atoms with van der Waals surface area (Å²) in [6.45, 7) is -0.158. The quantitative estimate of drug-likeness (QED) is 0.500. The van der Waals surface area contributed by atoms with Crippen molar-refractivity contribution in [2.75, 3.05) is 38.1 Å². The highest BCUT2D eigenvalue weighted by atomic mass is 16.1. The molecule has 1 aliphatic rings. The first kappa shape index (κ1) is 16.1. The molecule has 8 heteroatoms. The van der Waals surface area contributed by atoms with Gasteiger partial charge in [0.15, 0.2) is 5.78 Å². The largest absolute Gasteiger partial charge is 0.354 e. The molecule has 1 fully saturated rings. The van der Waals surface area contributed by atoms with Crippen LogP contribution in [0, 0.1) is 0 Å². The Morgan fingerprint density at radius 1 is 1.13 bits per heavy atom. The molecule has 1 saturated heterocycles. The standard InChI is InChI=1S/C23H23N7O/c1-29-6-8-30(9-7-29)23-10-16(4-5-24-23)22(31)12-19-11-21-17(13-25-19)2-3-20(28-21)18-14-26-27-15-18/h2-5,10-11,13-15H,6-9,12H2,1H3,(H,26,27)/i1D3. The molecule has 0 unspecified atom stereocenters. The molecule has 5 rings (SSSR count). The highest BCUT2D eigenvalue weighted by molar-refractivity contribution is 5.98. The zero-order valence-corrected chi connectivity index (χ0v) is 16.8. The first-order valence-electron chi connectivity index (χ1n) is 11.6. The van der Waals surface area contributed by atoms with E-state index in [-0.39, 0.29) is 12.2 Å². The number of pyridine rings is 3. The average Bonchev–Trinajstić information content (AvgIpc) is 3.38. The zero-order valence-electron chi connectivity index (χ0n) is 19.8. The molecular weight excluding hydrogens is 390 g/mol. The van der Waals surface area contributed by atoms with Gasteiger partial charge >= 0.3 is 0 Å². The van der Waals surface area contributed by atoms with Crippen LogP contribution in [0.2, 0.25) is 0 Å². The number of rotatable bonds is 5. The molecular formula is C23H23N7O. The van der Waals surface area contributed by atoms with Crippen molar-refractivity contribution < 1.29 is 8.91 Å². The molecule has 0 radical (unpaired) electrons. The van der Waals surface area contributed by atoms with Gasteiger partial charge in [-0.25, -0.2) is 9.97 Å². The van der Waals surface area contributed by atoms with Gasteiger partial charge in [0.1, 0.15) is 5.82 Å². The summed E-state index contributed by atoms with van der Waals surface area (Å²) in [6, 6.07) is 9.16. The number of aromatic amines is 1. The number of aromatic nitrogens is 5. The molecule has 0 aromatic carbocycles. The van der Waals surface area contributed by atoms with Crippen molar-refractivity contribution in [3.05, 3.63) is 66.4 Å². The summed E-state index contributed by atoms with van der Waals surface area (Å²) in [7, 11) is 0. The minimum absolute atomic E-state index is 0.0670. The first-order valence-corrected chi connectivity index (χ1v) is 10.1. The zero-order chi connectivity index (χ0) is 23.7. The summed E-state index contributed by atoms with van der Waals surface area (Å²) < 4.78 is 22.7. The fraction of sp³-hybridized carbons (Fsp3) is 0.261. The van der Waals surface area contributed by atoms with Crippen LogP contribution in [0.4, 0.5) is 5.82 Å². The van der Waals surface area contributed by atoms with Crippen molar-refractivity contribution >= 4 is 22.5 Å². The maximum absolute atomic E-state index is 13.0. The van der Waals surface area contributed by atoms with E-state index in [4.69, 9.17) is 4.11 Å². The number of fused-ring (bicyclic) bond motifs is 1. The molecule has 0 spiro atoms. The fourth-order valence-corrected chi connectivity index (χ4v) is 3.67. The molecule has 0 aliphatic carbocycles. The number of carbonyl (C=O) groups is 1. The van der Waals surface area contributed by atoms with Crippen LogP contribution in [0.25, 0.3) is 22.2 Å². The van der Waals surface area contributed by atoms with Gasteiger partial charge < -0.3 is 9.80 Å². The van der Waals surface area contributed by atoms with Crippen molar-refractivity contribution in [1.29, 1.82) is 0 Å². The lowest BCUT2D eigenvalue weighted by atomic mass is 10.1. The molecule has 156 valence electrons. The van der Waals surface area contributed by atoms with Gasteiger partial charge in [0.2, 0.25) is 0 Å². The maximum atomic E-state index is 13.0. The van der Waals surface area contributed by atoms with Crippen molar-refractivity contribution in [2.24, 2.45) is 0 Å². The van der Waals surface area contributed by atoms with Gasteiger partial charge in [-0.15, -0.1) is 0 Å². The lowest BCUT2D eigenvalue weighted by Crippen LogP contribution is -2.44. The van der Waals surface area contributed by atoms with Gasteiger partial charge in [-0.3, -0.25) is 14.9 Å². The molecule has 4 aromatic heterocycles. The van der Waals surface area contributed by atoms with Gasteiger partial charge in [0.05, 0.1) is 29.5 Å². The molecule has 5 heterocycles. The number of hydrogen-bond acceptors (Lipinski definition) is 7. The number of Topliss-reactive ketones (excluding diaryl/α,β-unsaturated/α-hetero) is 1. The van der Waals surface area contributed by atoms with Crippen LogP contribution in [0.1, 0.15) is 20.2 Å². The number of hydrogen-bond donors (Lipinski definition) is 1. The van der Waals surface area contributed by atoms with E-state index in [0.717, 1.165) is 22.2 Å². The molecule has 0 bridgehead atoms. The minimum Gasteiger partial charge on any atom is -0.354 e. The SMILES string of the molecule is [2H]C([2H])([2H])N1CCN(c2cc(C(=O)Cc3cc4nc(-c5cn[nH]c5)ccc4cn3)ccn2)CC1. The van der Waals surface area contributed by atoms with E-state index in [1.807, 2.05) is 23.1 Å². The second-order valence-corrected chi connectivity index (χ2v) is 7.53. The van der Waals surface area contributed by atoms with Crippen molar-refractivity contribution in [3.8, 4) is 11.3 Å². The lowest BCUT2D eigenvalue weighted by molar-refractivity contribution is 0.0992. The molecule has 8 nitrogen and oxygen atoms in total. The Kier molecular flexibility index (Phi) is 4.27. The third kappa shape index (κ3) is 4.15. The molecule has 4 aromatic rings. The Balaban J connectivity index is 1.31. The van der Waals surface area contributed by atoms with E-state index in [9.17, 15) is 4.79 Å². The monoisotopic (exact) mass is 416 g/mol. The number of ketones is 1. The van der Waals surface area contributed by atoms with E-state index in [2.05, 4.69) is 25.1 Å². The summed E-state index contributed by atoms with van der Waals surface area (Å²) in [5, 5.41) is 7.65. The molecule has 0 atom stereocenters. The maximum Gasteiger partial charge on any atom is 0.169 e. The predicted molar refractivity (Wildman–Crippen MR) is 119 cm³/mol. The summed E-state index contributed by atoms with van der Waals surface area (Å²) in [5.41, 5.74) is 3.63. The van der Waals surface area contributed by atoms with E-state index in [0.29, 0.717) is 43.3 Å². The summed E-state index contributed by atoms with van der Waals surface area (Å²) in [4.78, 5) is 30.0. The number of H-pyrrole nitrogens is 1. The Bertz CT molecular complexity index is 1320. The fourth-order valence-electron chi connectivity index (χ4n) is 3.67. The van der Waals surface area contributed by atoms with Crippen LogP contribution in [0.15, 0.2) is 55.1 Å². The number of carbonyl (C=O) groups excluding carboxylic acids is 1. The van der Waals surface area contributed by atoms with Crippen molar-refractivity contribution in [1.82, 2.24) is 30.0 Å². The molecule has 1 N–H and O–H groups in total. The number of anilines is 1. The van der Waals surface area contributed by atoms with E-state index < -0.39 is 6.98 Å². The normalized spacial score (nSPS) is 16.6. The highest BCUT2D eigenvalue weighted by Gasteiger charge is 2.17. The second-order valence-electron chi connectivity index (χ2n) is 7.53. The minimum atomic E-state index is -2.08. The second kappa shape index (κ2) is 8.23. The Labute approximate surface area is 184 Å². The smallest absolute Gasteiger partial charge is 0.169 e. The topological polar surface area (TPSA) is 90.9 Å². The Hall–Kier alpha value is -3.65.